The molecule has 2 heterocycles. The molecule has 0 saturated heterocycles. The summed E-state index contributed by atoms with van der Waals surface area (Å²) in [5.74, 6) is -0.341. The number of esters is 1. The van der Waals surface area contributed by atoms with Crippen LogP contribution in [0.1, 0.15) is 36.6 Å². The number of carbonyl (C=O) groups excluding carboxylic acids is 1. The minimum absolute atomic E-state index is 0.146. The van der Waals surface area contributed by atoms with E-state index < -0.39 is 17.8 Å². The van der Waals surface area contributed by atoms with E-state index in [0.29, 0.717) is 38.5 Å². The number of hydrogen-bond donors (Lipinski definition) is 0. The van der Waals surface area contributed by atoms with Crippen LogP contribution in [0.4, 0.5) is 4.39 Å². The summed E-state index contributed by atoms with van der Waals surface area (Å²) in [6.45, 7) is 4.24. The summed E-state index contributed by atoms with van der Waals surface area (Å²) >= 11 is 6.96. The van der Waals surface area contributed by atoms with Gasteiger partial charge in [0.1, 0.15) is 11.6 Å². The van der Waals surface area contributed by atoms with Crippen molar-refractivity contribution in [1.29, 1.82) is 0 Å². The molecule has 0 unspecified atom stereocenters. The normalized spacial score (nSPS) is 15.0. The third-order valence-electron chi connectivity index (χ3n) is 6.17. The number of rotatable bonds is 7. The van der Waals surface area contributed by atoms with Crippen molar-refractivity contribution in [1.82, 2.24) is 4.57 Å². The fourth-order valence-electron chi connectivity index (χ4n) is 4.53. The number of fused-ring (bicyclic) bond motifs is 1. The number of carbonyl (C=O) groups is 1. The first-order valence-electron chi connectivity index (χ1n) is 12.5. The molecule has 0 N–H and O–H groups in total. The molecule has 0 aliphatic carbocycles. The first-order valence-corrected chi connectivity index (χ1v) is 15.2. The zero-order valence-corrected chi connectivity index (χ0v) is 26.0. The fraction of sp³-hybridized carbons (Fsp3) is 0.167. The molecule has 1 aromatic heterocycles. The highest BCUT2D eigenvalue weighted by Crippen LogP contribution is 2.35. The zero-order chi connectivity index (χ0) is 28.4. The Bertz CT molecular complexity index is 1800. The smallest absolute Gasteiger partial charge is 0.338 e. The fourth-order valence-corrected chi connectivity index (χ4v) is 7.22. The van der Waals surface area contributed by atoms with Crippen LogP contribution >= 0.6 is 49.9 Å². The topological polar surface area (TPSA) is 69.9 Å². The van der Waals surface area contributed by atoms with E-state index in [2.05, 4.69) is 38.5 Å². The Morgan fingerprint density at radius 2 is 1.85 bits per heavy atom. The zero-order valence-electron chi connectivity index (χ0n) is 21.5. The van der Waals surface area contributed by atoms with Gasteiger partial charge in [0.2, 0.25) is 0 Å². The Balaban J connectivity index is 1.83. The second kappa shape index (κ2) is 12.2. The number of thiazole rings is 1. The van der Waals surface area contributed by atoms with Crippen molar-refractivity contribution in [2.24, 2.45) is 4.99 Å². The lowest BCUT2D eigenvalue weighted by Gasteiger charge is -2.25. The standard InChI is InChI=1S/C30H23BrFIN2O4S/c1-3-38-27-19(14-20(31)16-22(27)33)15-23-28(36)35-26(18-10-12-21(32)13-11-18)24(29(37)39-4-2)25(34-30(35)40-23)17-8-6-5-7-9-17/h5-16,26H,3-4H2,1-2H3/b23-15-/t26-/m0/s1. The van der Waals surface area contributed by atoms with Gasteiger partial charge in [-0.2, -0.15) is 0 Å². The Labute approximate surface area is 255 Å². The summed E-state index contributed by atoms with van der Waals surface area (Å²) in [6, 6.07) is 18.0. The van der Waals surface area contributed by atoms with Gasteiger partial charge in [-0.05, 0) is 72.3 Å². The molecule has 1 atom stereocenters. The van der Waals surface area contributed by atoms with E-state index in [1.165, 1.54) is 28.0 Å². The van der Waals surface area contributed by atoms with Crippen molar-refractivity contribution in [2.75, 3.05) is 13.2 Å². The van der Waals surface area contributed by atoms with Crippen molar-refractivity contribution in [3.8, 4) is 5.75 Å². The van der Waals surface area contributed by atoms with Crippen molar-refractivity contribution in [3.63, 3.8) is 0 Å². The Kier molecular flexibility index (Phi) is 8.67. The van der Waals surface area contributed by atoms with Gasteiger partial charge in [0.25, 0.3) is 5.56 Å². The van der Waals surface area contributed by atoms with Gasteiger partial charge in [0, 0.05) is 15.6 Å². The lowest BCUT2D eigenvalue weighted by atomic mass is 9.93. The van der Waals surface area contributed by atoms with E-state index in [4.69, 9.17) is 14.5 Å². The average molecular weight is 733 g/mol. The van der Waals surface area contributed by atoms with Gasteiger partial charge in [-0.3, -0.25) is 9.36 Å². The molecule has 0 spiro atoms. The van der Waals surface area contributed by atoms with Gasteiger partial charge in [-0.15, -0.1) is 0 Å². The maximum absolute atomic E-state index is 14.1. The maximum Gasteiger partial charge on any atom is 0.338 e. The van der Waals surface area contributed by atoms with Crippen molar-refractivity contribution >= 4 is 67.6 Å². The molecule has 204 valence electrons. The van der Waals surface area contributed by atoms with Gasteiger partial charge in [-0.25, -0.2) is 14.2 Å². The predicted molar refractivity (Wildman–Crippen MR) is 165 cm³/mol. The molecule has 6 nitrogen and oxygen atoms in total. The highest BCUT2D eigenvalue weighted by molar-refractivity contribution is 14.1. The van der Waals surface area contributed by atoms with Gasteiger partial charge < -0.3 is 9.47 Å². The highest BCUT2D eigenvalue weighted by atomic mass is 127. The number of aromatic nitrogens is 1. The van der Waals surface area contributed by atoms with Crippen molar-refractivity contribution in [2.45, 2.75) is 19.9 Å². The van der Waals surface area contributed by atoms with Crippen molar-refractivity contribution < 1.29 is 18.7 Å². The minimum atomic E-state index is -0.873. The molecule has 40 heavy (non-hydrogen) atoms. The van der Waals surface area contributed by atoms with Gasteiger partial charge >= 0.3 is 5.97 Å². The van der Waals surface area contributed by atoms with Crippen LogP contribution in [-0.2, 0) is 9.53 Å². The molecule has 5 rings (SSSR count). The molecule has 0 amide bonds. The van der Waals surface area contributed by atoms with Gasteiger partial charge in [0.05, 0.1) is 38.6 Å². The summed E-state index contributed by atoms with van der Waals surface area (Å²) in [7, 11) is 0. The average Bonchev–Trinajstić information content (AvgIpc) is 3.25. The van der Waals surface area contributed by atoms with Gasteiger partial charge in [0.15, 0.2) is 4.80 Å². The van der Waals surface area contributed by atoms with E-state index in [-0.39, 0.29) is 17.7 Å². The molecular weight excluding hydrogens is 710 g/mol. The Hall–Kier alpha value is -3.09. The Morgan fingerprint density at radius 1 is 1.12 bits per heavy atom. The monoisotopic (exact) mass is 732 g/mol. The van der Waals surface area contributed by atoms with Crippen LogP contribution in [0, 0.1) is 9.39 Å². The number of ether oxygens (including phenoxy) is 2. The maximum atomic E-state index is 14.1. The van der Waals surface area contributed by atoms with E-state index >= 15 is 0 Å². The van der Waals surface area contributed by atoms with E-state index in [0.717, 1.165) is 13.6 Å². The summed E-state index contributed by atoms with van der Waals surface area (Å²) in [5, 5.41) is 0. The van der Waals surface area contributed by atoms with Crippen LogP contribution in [0.3, 0.4) is 0 Å². The van der Waals surface area contributed by atoms with Crippen LogP contribution in [0.5, 0.6) is 5.75 Å². The molecule has 4 aromatic rings. The summed E-state index contributed by atoms with van der Waals surface area (Å²) in [4.78, 5) is 32.8. The van der Waals surface area contributed by atoms with E-state index in [9.17, 15) is 14.0 Å². The second-order valence-corrected chi connectivity index (χ2v) is 11.8. The largest absolute Gasteiger partial charge is 0.492 e. The highest BCUT2D eigenvalue weighted by Gasteiger charge is 2.35. The van der Waals surface area contributed by atoms with E-state index in [1.807, 2.05) is 49.4 Å². The SMILES string of the molecule is CCOC(=O)C1=C(c2ccccc2)N=c2s/c(=C\c3cc(Br)cc(I)c3OCC)c(=O)n2[C@H]1c1ccc(F)cc1. The molecule has 0 saturated carbocycles. The van der Waals surface area contributed by atoms with Crippen LogP contribution < -0.4 is 19.6 Å². The quantitative estimate of drug-likeness (QED) is 0.177. The molecule has 10 heteroatoms. The summed E-state index contributed by atoms with van der Waals surface area (Å²) in [6.07, 6.45) is 1.78. The van der Waals surface area contributed by atoms with E-state index in [1.54, 1.807) is 25.1 Å². The number of nitrogens with zero attached hydrogens (tertiary/aromatic N) is 2. The van der Waals surface area contributed by atoms with Crippen LogP contribution in [0.15, 0.2) is 86.6 Å². The summed E-state index contributed by atoms with van der Waals surface area (Å²) in [5.41, 5.74) is 2.29. The number of halogens is 3. The molecule has 0 radical (unpaired) electrons. The first kappa shape index (κ1) is 28.4. The second-order valence-electron chi connectivity index (χ2n) is 8.72. The minimum Gasteiger partial charge on any atom is -0.492 e. The molecule has 0 fully saturated rings. The van der Waals surface area contributed by atoms with Crippen molar-refractivity contribution in [3.05, 3.63) is 123 Å². The number of benzene rings is 3. The summed E-state index contributed by atoms with van der Waals surface area (Å²) < 4.78 is 29.0. The predicted octanol–water partition coefficient (Wildman–Crippen LogP) is 5.84. The molecule has 1 aliphatic rings. The van der Waals surface area contributed by atoms with Crippen LogP contribution in [0.25, 0.3) is 11.8 Å². The Morgan fingerprint density at radius 3 is 2.52 bits per heavy atom. The third kappa shape index (κ3) is 5.57. The molecule has 3 aromatic carbocycles. The lowest BCUT2D eigenvalue weighted by molar-refractivity contribution is -0.138. The third-order valence-corrected chi connectivity index (χ3v) is 8.41. The first-order chi connectivity index (χ1) is 19.3. The number of hydrogen-bond acceptors (Lipinski definition) is 6. The van der Waals surface area contributed by atoms with Crippen LogP contribution in [-0.4, -0.2) is 23.8 Å². The van der Waals surface area contributed by atoms with Crippen LogP contribution in [0.2, 0.25) is 0 Å². The molecule has 1 aliphatic heterocycles. The molecular formula is C30H23BrFIN2O4S. The molecule has 0 bridgehead atoms. The van der Waals surface area contributed by atoms with Gasteiger partial charge in [-0.1, -0.05) is 69.7 Å². The lowest BCUT2D eigenvalue weighted by Crippen LogP contribution is -2.40.